The van der Waals surface area contributed by atoms with Crippen LogP contribution in [0, 0.1) is 5.82 Å². The van der Waals surface area contributed by atoms with E-state index in [1.165, 1.54) is 12.4 Å². The Kier molecular flexibility index (Phi) is 4.39. The van der Waals surface area contributed by atoms with Crippen molar-refractivity contribution in [1.82, 2.24) is 24.8 Å². The highest BCUT2D eigenvalue weighted by Crippen LogP contribution is 2.17. The second kappa shape index (κ2) is 6.98. The molecule has 2 aromatic heterocycles. The Balaban J connectivity index is 1.34. The number of imidazole rings is 1. The highest BCUT2D eigenvalue weighted by molar-refractivity contribution is 5.54. The van der Waals surface area contributed by atoms with Gasteiger partial charge < -0.3 is 9.88 Å². The third-order valence-electron chi connectivity index (χ3n) is 4.33. The Hall–Kier alpha value is -2.80. The van der Waals surface area contributed by atoms with Crippen molar-refractivity contribution in [2.75, 3.05) is 31.1 Å². The average molecular weight is 340 g/mol. The molecular weight excluding hydrogens is 321 g/mol. The van der Waals surface area contributed by atoms with Crippen molar-refractivity contribution < 1.29 is 4.39 Å². The number of hydrogen-bond donors (Lipinski definition) is 1. The van der Waals surface area contributed by atoms with Crippen LogP contribution in [-0.2, 0) is 6.54 Å². The van der Waals surface area contributed by atoms with E-state index < -0.39 is 5.82 Å². The van der Waals surface area contributed by atoms with Crippen LogP contribution in [0.4, 0.5) is 10.3 Å². The van der Waals surface area contributed by atoms with E-state index in [-0.39, 0.29) is 0 Å². The Morgan fingerprint density at radius 2 is 1.72 bits per heavy atom. The summed E-state index contributed by atoms with van der Waals surface area (Å²) in [4.78, 5) is 20.4. The minimum absolute atomic E-state index is 0.407. The molecule has 3 aromatic rings. The zero-order valence-electron chi connectivity index (χ0n) is 13.8. The van der Waals surface area contributed by atoms with E-state index in [0.29, 0.717) is 5.95 Å². The van der Waals surface area contributed by atoms with Crippen molar-refractivity contribution in [1.29, 1.82) is 0 Å². The molecule has 0 atom stereocenters. The number of aromatic amines is 1. The first kappa shape index (κ1) is 15.7. The summed E-state index contributed by atoms with van der Waals surface area (Å²) in [5.41, 5.74) is 2.19. The SMILES string of the molecule is Fc1cnc(N2CCN(Cc3cn[14c](-c4ccccc4)[nH]3)CC2)nc1. The van der Waals surface area contributed by atoms with Gasteiger partial charge >= 0.3 is 0 Å². The third kappa shape index (κ3) is 3.66. The lowest BCUT2D eigenvalue weighted by Gasteiger charge is -2.34. The summed E-state index contributed by atoms with van der Waals surface area (Å²) in [5.74, 6) is 1.08. The van der Waals surface area contributed by atoms with Crippen LogP contribution in [0.3, 0.4) is 0 Å². The normalized spacial score (nSPS) is 15.5. The number of halogens is 1. The van der Waals surface area contributed by atoms with Crippen molar-refractivity contribution in [3.63, 3.8) is 0 Å². The van der Waals surface area contributed by atoms with E-state index in [4.69, 9.17) is 0 Å². The van der Waals surface area contributed by atoms with Gasteiger partial charge in [0.2, 0.25) is 5.95 Å². The molecule has 1 saturated heterocycles. The molecule has 0 radical (unpaired) electrons. The molecular formula is C18H19FN6. The Morgan fingerprint density at radius 1 is 1.00 bits per heavy atom. The maximum atomic E-state index is 12.9. The minimum atomic E-state index is -0.407. The number of aromatic nitrogens is 4. The second-order valence-corrected chi connectivity index (χ2v) is 6.09. The lowest BCUT2D eigenvalue weighted by Crippen LogP contribution is -2.46. The fraction of sp³-hybridized carbons (Fsp3) is 0.278. The number of piperazine rings is 1. The number of nitrogens with one attached hydrogen (secondary N) is 1. The average Bonchev–Trinajstić information content (AvgIpc) is 3.12. The van der Waals surface area contributed by atoms with E-state index >= 15 is 0 Å². The van der Waals surface area contributed by atoms with Gasteiger partial charge in [-0.3, -0.25) is 4.90 Å². The van der Waals surface area contributed by atoms with Gasteiger partial charge in [0.05, 0.1) is 12.4 Å². The van der Waals surface area contributed by atoms with Crippen LogP contribution in [0.5, 0.6) is 0 Å². The summed E-state index contributed by atoms with van der Waals surface area (Å²) in [6.45, 7) is 4.29. The number of benzene rings is 1. The Bertz CT molecular complexity index is 809. The molecule has 1 aromatic carbocycles. The fourth-order valence-corrected chi connectivity index (χ4v) is 3.00. The number of anilines is 1. The lowest BCUT2D eigenvalue weighted by atomic mass is 10.3. The maximum absolute atomic E-state index is 12.9. The minimum Gasteiger partial charge on any atom is -0.341 e. The van der Waals surface area contributed by atoms with Gasteiger partial charge in [0, 0.05) is 50.2 Å². The summed E-state index contributed by atoms with van der Waals surface area (Å²) in [6, 6.07) is 10.1. The van der Waals surface area contributed by atoms with Crippen molar-refractivity contribution >= 4 is 5.95 Å². The van der Waals surface area contributed by atoms with Crippen LogP contribution in [0.2, 0.25) is 0 Å². The van der Waals surface area contributed by atoms with Crippen LogP contribution in [0.1, 0.15) is 5.69 Å². The van der Waals surface area contributed by atoms with Crippen molar-refractivity contribution in [2.24, 2.45) is 0 Å². The molecule has 128 valence electrons. The highest BCUT2D eigenvalue weighted by atomic mass is 19.1. The van der Waals surface area contributed by atoms with E-state index in [1.807, 2.05) is 36.5 Å². The quantitative estimate of drug-likeness (QED) is 0.790. The molecule has 0 spiro atoms. The van der Waals surface area contributed by atoms with Crippen molar-refractivity contribution in [2.45, 2.75) is 6.54 Å². The second-order valence-electron chi connectivity index (χ2n) is 6.09. The van der Waals surface area contributed by atoms with Crippen LogP contribution in [0.25, 0.3) is 11.4 Å². The molecule has 0 unspecified atom stereocenters. The molecule has 6 nitrogen and oxygen atoms in total. The van der Waals surface area contributed by atoms with Gasteiger partial charge in [-0.15, -0.1) is 0 Å². The molecule has 7 heteroatoms. The molecule has 0 bridgehead atoms. The van der Waals surface area contributed by atoms with E-state index in [2.05, 4.69) is 29.7 Å². The molecule has 1 N–H and O–H groups in total. The van der Waals surface area contributed by atoms with Crippen LogP contribution < -0.4 is 4.90 Å². The lowest BCUT2D eigenvalue weighted by molar-refractivity contribution is 0.246. The molecule has 1 aliphatic heterocycles. The van der Waals surface area contributed by atoms with Gasteiger partial charge in [0.25, 0.3) is 0 Å². The molecule has 0 aliphatic carbocycles. The molecule has 25 heavy (non-hydrogen) atoms. The zero-order chi connectivity index (χ0) is 17.1. The summed E-state index contributed by atoms with van der Waals surface area (Å²) >= 11 is 0. The third-order valence-corrected chi connectivity index (χ3v) is 4.33. The first-order chi connectivity index (χ1) is 12.3. The molecule has 3 heterocycles. The zero-order valence-corrected chi connectivity index (χ0v) is 13.8. The van der Waals surface area contributed by atoms with Crippen LogP contribution in [-0.4, -0.2) is 51.0 Å². The number of nitrogens with zero attached hydrogens (tertiary/aromatic N) is 5. The standard InChI is InChI=1S/C18H19FN6/c19-15-10-21-18(22-11-15)25-8-6-24(7-9-25)13-16-12-20-17(23-16)14-4-2-1-3-5-14/h1-5,10-12H,6-9,13H2,(H,20,23)/i17+2. The summed E-state index contributed by atoms with van der Waals surface area (Å²) < 4.78 is 12.9. The van der Waals surface area contributed by atoms with Crippen molar-refractivity contribution in [3.8, 4) is 11.4 Å². The first-order valence-electron chi connectivity index (χ1n) is 8.32. The van der Waals surface area contributed by atoms with Gasteiger partial charge in [0.15, 0.2) is 5.82 Å². The smallest absolute Gasteiger partial charge is 0.225 e. The first-order valence-corrected chi connectivity index (χ1v) is 8.32. The van der Waals surface area contributed by atoms with E-state index in [1.54, 1.807) is 0 Å². The molecule has 1 fully saturated rings. The summed E-state index contributed by atoms with van der Waals surface area (Å²) in [6.07, 6.45) is 4.33. The van der Waals surface area contributed by atoms with Gasteiger partial charge in [0.1, 0.15) is 5.82 Å². The maximum Gasteiger partial charge on any atom is 0.225 e. The number of hydrogen-bond acceptors (Lipinski definition) is 5. The van der Waals surface area contributed by atoms with Crippen LogP contribution in [0.15, 0.2) is 48.9 Å². The molecule has 0 saturated carbocycles. The van der Waals surface area contributed by atoms with E-state index in [0.717, 1.165) is 49.8 Å². The highest BCUT2D eigenvalue weighted by Gasteiger charge is 2.19. The van der Waals surface area contributed by atoms with Crippen LogP contribution >= 0.6 is 0 Å². The molecule has 0 amide bonds. The predicted molar refractivity (Wildman–Crippen MR) is 93.5 cm³/mol. The van der Waals surface area contributed by atoms with Gasteiger partial charge in [-0.05, 0) is 0 Å². The van der Waals surface area contributed by atoms with Gasteiger partial charge in [-0.25, -0.2) is 19.3 Å². The number of rotatable bonds is 4. The van der Waals surface area contributed by atoms with Gasteiger partial charge in [-0.1, -0.05) is 30.3 Å². The molecule has 4 rings (SSSR count). The predicted octanol–water partition coefficient (Wildman–Crippen LogP) is 2.33. The molecule has 1 aliphatic rings. The Labute approximate surface area is 145 Å². The summed E-state index contributed by atoms with van der Waals surface area (Å²) in [7, 11) is 0. The topological polar surface area (TPSA) is 60.9 Å². The Morgan fingerprint density at radius 3 is 2.44 bits per heavy atom. The van der Waals surface area contributed by atoms with E-state index in [9.17, 15) is 4.39 Å². The van der Waals surface area contributed by atoms with Gasteiger partial charge in [-0.2, -0.15) is 0 Å². The monoisotopic (exact) mass is 340 g/mol. The largest absolute Gasteiger partial charge is 0.341 e. The summed E-state index contributed by atoms with van der Waals surface area (Å²) in [5, 5.41) is 0. The fourth-order valence-electron chi connectivity index (χ4n) is 3.00. The van der Waals surface area contributed by atoms with Crippen molar-refractivity contribution in [3.05, 3.63) is 60.4 Å². The number of H-pyrrole nitrogens is 1.